The van der Waals surface area contributed by atoms with Gasteiger partial charge in [0.25, 0.3) is 0 Å². The summed E-state index contributed by atoms with van der Waals surface area (Å²) in [6.07, 6.45) is 0.998. The Labute approximate surface area is 100 Å². The molecule has 1 amide bonds. The molecular weight excluding hydrogens is 224 g/mol. The van der Waals surface area contributed by atoms with Crippen molar-refractivity contribution in [2.75, 3.05) is 24.7 Å². The van der Waals surface area contributed by atoms with Gasteiger partial charge in [0.15, 0.2) is 0 Å². The summed E-state index contributed by atoms with van der Waals surface area (Å²) in [5.41, 5.74) is 0. The van der Waals surface area contributed by atoms with Crippen LogP contribution in [0.3, 0.4) is 0 Å². The summed E-state index contributed by atoms with van der Waals surface area (Å²) in [5.74, 6) is 1.80. The first-order chi connectivity index (χ1) is 7.60. The zero-order valence-corrected chi connectivity index (χ0v) is 11.2. The second-order valence-electron chi connectivity index (χ2n) is 4.26. The number of hydrogen-bond acceptors (Lipinski definition) is 3. The van der Waals surface area contributed by atoms with Crippen molar-refractivity contribution in [2.24, 2.45) is 5.92 Å². The van der Waals surface area contributed by atoms with E-state index in [-0.39, 0.29) is 11.9 Å². The van der Waals surface area contributed by atoms with E-state index in [2.05, 4.69) is 19.2 Å². The van der Waals surface area contributed by atoms with E-state index in [1.54, 1.807) is 4.90 Å². The van der Waals surface area contributed by atoms with Gasteiger partial charge in [0, 0.05) is 28.9 Å². The lowest BCUT2D eigenvalue weighted by atomic mass is 9.99. The molecule has 1 N–H and O–H groups in total. The highest BCUT2D eigenvalue weighted by Gasteiger charge is 2.33. The molecule has 1 saturated heterocycles. The quantitative estimate of drug-likeness (QED) is 0.745. The van der Waals surface area contributed by atoms with E-state index in [1.807, 2.05) is 6.92 Å². The molecule has 3 atom stereocenters. The van der Waals surface area contributed by atoms with E-state index in [4.69, 9.17) is 0 Å². The number of carbonyl (C=O) groups is 1. The molecule has 1 aliphatic rings. The van der Waals surface area contributed by atoms with Gasteiger partial charge in [-0.25, -0.2) is 0 Å². The second kappa shape index (κ2) is 6.35. The lowest BCUT2D eigenvalue weighted by Crippen LogP contribution is -2.36. The van der Waals surface area contributed by atoms with Crippen molar-refractivity contribution in [3.63, 3.8) is 0 Å². The van der Waals surface area contributed by atoms with Crippen molar-refractivity contribution >= 4 is 16.7 Å². The fraction of sp³-hybridized carbons (Fsp3) is 0.909. The van der Waals surface area contributed by atoms with Gasteiger partial charge in [0.2, 0.25) is 5.91 Å². The normalized spacial score (nSPS) is 24.8. The number of carbonyl (C=O) groups excluding carboxylic acids is 1. The van der Waals surface area contributed by atoms with E-state index < -0.39 is 10.8 Å². The van der Waals surface area contributed by atoms with Crippen molar-refractivity contribution in [3.8, 4) is 0 Å². The first-order valence-electron chi connectivity index (χ1n) is 5.97. The topological polar surface area (TPSA) is 49.4 Å². The third-order valence-electron chi connectivity index (χ3n) is 3.20. The molecule has 0 spiro atoms. The van der Waals surface area contributed by atoms with Gasteiger partial charge in [-0.3, -0.25) is 14.3 Å². The predicted molar refractivity (Wildman–Crippen MR) is 66.5 cm³/mol. The zero-order valence-electron chi connectivity index (χ0n) is 10.4. The van der Waals surface area contributed by atoms with Crippen molar-refractivity contribution < 1.29 is 9.00 Å². The number of nitrogens with zero attached hydrogens (tertiary/aromatic N) is 1. The van der Waals surface area contributed by atoms with Crippen molar-refractivity contribution in [1.82, 2.24) is 10.2 Å². The molecule has 94 valence electrons. The Hall–Kier alpha value is -0.420. The molecule has 1 rings (SSSR count). The van der Waals surface area contributed by atoms with Crippen molar-refractivity contribution in [1.29, 1.82) is 0 Å². The monoisotopic (exact) mass is 246 g/mol. The van der Waals surface area contributed by atoms with Crippen LogP contribution in [0.1, 0.15) is 27.2 Å². The standard InChI is InChI=1S/C11H22N2O2S/c1-4-9(3)10-11(14)13(8-12-10)6-7-16(15)5-2/h9-10,12H,4-8H2,1-3H3. The van der Waals surface area contributed by atoms with Gasteiger partial charge in [-0.1, -0.05) is 27.2 Å². The van der Waals surface area contributed by atoms with E-state index in [1.165, 1.54) is 0 Å². The summed E-state index contributed by atoms with van der Waals surface area (Å²) in [7, 11) is -0.783. The number of rotatable bonds is 6. The molecule has 3 unspecified atom stereocenters. The molecule has 0 aromatic heterocycles. The van der Waals surface area contributed by atoms with Crippen molar-refractivity contribution in [2.45, 2.75) is 33.2 Å². The van der Waals surface area contributed by atoms with Crippen LogP contribution in [0.15, 0.2) is 0 Å². The Bertz CT molecular complexity index is 271. The van der Waals surface area contributed by atoms with Crippen LogP contribution in [0.2, 0.25) is 0 Å². The first-order valence-corrected chi connectivity index (χ1v) is 7.46. The van der Waals surface area contributed by atoms with Crippen LogP contribution < -0.4 is 5.32 Å². The summed E-state index contributed by atoms with van der Waals surface area (Å²) in [4.78, 5) is 13.8. The minimum Gasteiger partial charge on any atom is -0.328 e. The summed E-state index contributed by atoms with van der Waals surface area (Å²) in [6.45, 7) is 7.30. The first kappa shape index (κ1) is 13.6. The van der Waals surface area contributed by atoms with Crippen molar-refractivity contribution in [3.05, 3.63) is 0 Å². The molecule has 1 heterocycles. The average Bonchev–Trinajstić information content (AvgIpc) is 2.66. The van der Waals surface area contributed by atoms with Gasteiger partial charge in [-0.2, -0.15) is 0 Å². The highest BCUT2D eigenvalue weighted by Crippen LogP contribution is 2.14. The molecule has 4 nitrogen and oxygen atoms in total. The maximum atomic E-state index is 12.0. The maximum Gasteiger partial charge on any atom is 0.241 e. The van der Waals surface area contributed by atoms with Crippen LogP contribution in [0, 0.1) is 5.92 Å². The maximum absolute atomic E-state index is 12.0. The molecular formula is C11H22N2O2S. The third kappa shape index (κ3) is 3.28. The Morgan fingerprint density at radius 1 is 1.56 bits per heavy atom. The molecule has 5 heteroatoms. The van der Waals surface area contributed by atoms with Crippen LogP contribution in [-0.4, -0.2) is 45.8 Å². The smallest absolute Gasteiger partial charge is 0.241 e. The Morgan fingerprint density at radius 3 is 2.81 bits per heavy atom. The van der Waals surface area contributed by atoms with Crippen LogP contribution in [0.4, 0.5) is 0 Å². The summed E-state index contributed by atoms with van der Waals surface area (Å²) in [5, 5.41) is 3.23. The van der Waals surface area contributed by atoms with Gasteiger partial charge in [-0.05, 0) is 5.92 Å². The van der Waals surface area contributed by atoms with Gasteiger partial charge in [-0.15, -0.1) is 0 Å². The highest BCUT2D eigenvalue weighted by molar-refractivity contribution is 7.84. The predicted octanol–water partition coefficient (Wildman–Crippen LogP) is 0.559. The summed E-state index contributed by atoms with van der Waals surface area (Å²) < 4.78 is 11.3. The van der Waals surface area contributed by atoms with Gasteiger partial charge in [0.1, 0.15) is 0 Å². The molecule has 16 heavy (non-hydrogen) atoms. The number of hydrogen-bond donors (Lipinski definition) is 1. The molecule has 0 saturated carbocycles. The molecule has 0 aliphatic carbocycles. The zero-order chi connectivity index (χ0) is 12.1. The Kier molecular flexibility index (Phi) is 5.41. The lowest BCUT2D eigenvalue weighted by molar-refractivity contribution is -0.129. The Morgan fingerprint density at radius 2 is 2.25 bits per heavy atom. The third-order valence-corrected chi connectivity index (χ3v) is 4.49. The van der Waals surface area contributed by atoms with Crippen LogP contribution in [0.25, 0.3) is 0 Å². The average molecular weight is 246 g/mol. The molecule has 0 radical (unpaired) electrons. The lowest BCUT2D eigenvalue weighted by Gasteiger charge is -2.17. The number of amides is 1. The van der Waals surface area contributed by atoms with E-state index in [0.29, 0.717) is 30.6 Å². The molecule has 1 fully saturated rings. The largest absolute Gasteiger partial charge is 0.328 e. The molecule has 0 bridgehead atoms. The number of nitrogens with one attached hydrogen (secondary N) is 1. The SMILES string of the molecule is CCC(C)C1NCN(CCS(=O)CC)C1=O. The Balaban J connectivity index is 2.42. The van der Waals surface area contributed by atoms with Crippen LogP contribution in [0.5, 0.6) is 0 Å². The van der Waals surface area contributed by atoms with E-state index in [0.717, 1.165) is 6.42 Å². The fourth-order valence-electron chi connectivity index (χ4n) is 1.80. The molecule has 1 aliphatic heterocycles. The minimum atomic E-state index is -0.783. The fourth-order valence-corrected chi connectivity index (χ4v) is 2.51. The molecule has 0 aromatic carbocycles. The summed E-state index contributed by atoms with van der Waals surface area (Å²) >= 11 is 0. The van der Waals surface area contributed by atoms with Gasteiger partial charge >= 0.3 is 0 Å². The minimum absolute atomic E-state index is 0.0416. The van der Waals surface area contributed by atoms with Gasteiger partial charge < -0.3 is 4.90 Å². The van der Waals surface area contributed by atoms with Crippen LogP contribution in [-0.2, 0) is 15.6 Å². The summed E-state index contributed by atoms with van der Waals surface area (Å²) in [6, 6.07) is -0.0416. The van der Waals surface area contributed by atoms with E-state index in [9.17, 15) is 9.00 Å². The van der Waals surface area contributed by atoms with Crippen LogP contribution >= 0.6 is 0 Å². The van der Waals surface area contributed by atoms with E-state index >= 15 is 0 Å². The molecule has 0 aromatic rings. The van der Waals surface area contributed by atoms with Gasteiger partial charge in [0.05, 0.1) is 12.7 Å². The highest BCUT2D eigenvalue weighted by atomic mass is 32.2. The second-order valence-corrected chi connectivity index (χ2v) is 6.12.